The monoisotopic (exact) mass is 328 g/mol. The molecule has 24 heavy (non-hydrogen) atoms. The molecule has 0 spiro atoms. The van der Waals surface area contributed by atoms with Gasteiger partial charge < -0.3 is 9.80 Å². The Hall–Kier alpha value is -1.35. The second kappa shape index (κ2) is 8.15. The van der Waals surface area contributed by atoms with Crippen LogP contribution in [0, 0.1) is 11.8 Å². The van der Waals surface area contributed by atoms with Crippen LogP contribution in [0.2, 0.25) is 0 Å². The van der Waals surface area contributed by atoms with E-state index in [1.54, 1.807) is 0 Å². The molecule has 0 unspecified atom stereocenters. The highest BCUT2D eigenvalue weighted by Gasteiger charge is 2.30. The van der Waals surface area contributed by atoms with Crippen molar-refractivity contribution in [3.8, 4) is 0 Å². The molecule has 0 aliphatic carbocycles. The Kier molecular flexibility index (Phi) is 5.94. The van der Waals surface area contributed by atoms with E-state index in [2.05, 4.69) is 54.0 Å². The molecule has 132 valence electrons. The molecule has 0 N–H and O–H groups in total. The van der Waals surface area contributed by atoms with Crippen LogP contribution in [0.1, 0.15) is 51.0 Å². The highest BCUT2D eigenvalue weighted by Crippen LogP contribution is 2.25. The highest BCUT2D eigenvalue weighted by molar-refractivity contribution is 5.79. The number of piperidine rings is 2. The molecule has 3 heteroatoms. The van der Waals surface area contributed by atoms with E-state index >= 15 is 0 Å². The van der Waals surface area contributed by atoms with E-state index in [9.17, 15) is 4.79 Å². The maximum absolute atomic E-state index is 12.7. The average Bonchev–Trinajstić information content (AvgIpc) is 2.63. The summed E-state index contributed by atoms with van der Waals surface area (Å²) in [5.74, 6) is 2.04. The minimum Gasteiger partial charge on any atom is -0.342 e. The van der Waals surface area contributed by atoms with Gasteiger partial charge in [-0.2, -0.15) is 0 Å². The molecular formula is C21H32N2O. The van der Waals surface area contributed by atoms with Crippen molar-refractivity contribution < 1.29 is 4.79 Å². The molecule has 2 aliphatic rings. The van der Waals surface area contributed by atoms with Crippen LogP contribution < -0.4 is 0 Å². The van der Waals surface area contributed by atoms with Crippen molar-refractivity contribution in [2.24, 2.45) is 11.8 Å². The number of hydrogen-bond donors (Lipinski definition) is 0. The lowest BCUT2D eigenvalue weighted by molar-refractivity contribution is -0.138. The summed E-state index contributed by atoms with van der Waals surface area (Å²) in [5, 5.41) is 0. The van der Waals surface area contributed by atoms with Crippen molar-refractivity contribution in [2.75, 3.05) is 32.7 Å². The third-order valence-electron chi connectivity index (χ3n) is 5.93. The van der Waals surface area contributed by atoms with Gasteiger partial charge in [-0.05, 0) is 56.2 Å². The lowest BCUT2D eigenvalue weighted by Gasteiger charge is -2.37. The van der Waals surface area contributed by atoms with Gasteiger partial charge in [-0.3, -0.25) is 4.79 Å². The Morgan fingerprint density at radius 3 is 2.29 bits per heavy atom. The van der Waals surface area contributed by atoms with Gasteiger partial charge in [0.25, 0.3) is 0 Å². The molecule has 2 saturated heterocycles. The van der Waals surface area contributed by atoms with Crippen molar-refractivity contribution in [1.82, 2.24) is 9.80 Å². The van der Waals surface area contributed by atoms with Gasteiger partial charge in [0.15, 0.2) is 0 Å². The van der Waals surface area contributed by atoms with Gasteiger partial charge in [0.05, 0.1) is 0 Å². The SMILES string of the molecule is CC1CCN(C(=O)C2CCN(C[C@@H](C)c3ccccc3)CC2)CC1. The van der Waals surface area contributed by atoms with Crippen molar-refractivity contribution in [3.63, 3.8) is 0 Å². The van der Waals surface area contributed by atoms with Crippen molar-refractivity contribution in [1.29, 1.82) is 0 Å². The fraction of sp³-hybridized carbons (Fsp3) is 0.667. The molecule has 2 fully saturated rings. The molecule has 2 aliphatic heterocycles. The summed E-state index contributed by atoms with van der Waals surface area (Å²) in [6.45, 7) is 9.80. The van der Waals surface area contributed by atoms with E-state index < -0.39 is 0 Å². The Labute approximate surface area is 147 Å². The first-order chi connectivity index (χ1) is 11.6. The molecular weight excluding hydrogens is 296 g/mol. The van der Waals surface area contributed by atoms with E-state index in [-0.39, 0.29) is 5.92 Å². The summed E-state index contributed by atoms with van der Waals surface area (Å²) in [6.07, 6.45) is 4.43. The molecule has 1 amide bonds. The molecule has 0 aromatic heterocycles. The van der Waals surface area contributed by atoms with Crippen LogP contribution in [0.3, 0.4) is 0 Å². The topological polar surface area (TPSA) is 23.6 Å². The summed E-state index contributed by atoms with van der Waals surface area (Å²) in [4.78, 5) is 17.4. The van der Waals surface area contributed by atoms with Gasteiger partial charge in [0.1, 0.15) is 0 Å². The summed E-state index contributed by atoms with van der Waals surface area (Å²) in [7, 11) is 0. The minimum absolute atomic E-state index is 0.265. The van der Waals surface area contributed by atoms with Gasteiger partial charge in [-0.15, -0.1) is 0 Å². The second-order valence-electron chi connectivity index (χ2n) is 7.89. The Balaban J connectivity index is 1.45. The molecule has 3 rings (SSSR count). The Bertz CT molecular complexity index is 514. The first kappa shape index (κ1) is 17.5. The van der Waals surface area contributed by atoms with E-state index in [0.717, 1.165) is 51.5 Å². The molecule has 1 atom stereocenters. The number of hydrogen-bond acceptors (Lipinski definition) is 2. The van der Waals surface area contributed by atoms with E-state index in [4.69, 9.17) is 0 Å². The van der Waals surface area contributed by atoms with Gasteiger partial charge in [-0.1, -0.05) is 44.2 Å². The maximum atomic E-state index is 12.7. The molecule has 1 aromatic carbocycles. The van der Waals surface area contributed by atoms with Crippen LogP contribution in [-0.4, -0.2) is 48.4 Å². The zero-order valence-electron chi connectivity index (χ0n) is 15.3. The molecule has 0 saturated carbocycles. The second-order valence-corrected chi connectivity index (χ2v) is 7.89. The van der Waals surface area contributed by atoms with Crippen LogP contribution in [0.25, 0.3) is 0 Å². The van der Waals surface area contributed by atoms with Gasteiger partial charge in [0, 0.05) is 25.6 Å². The summed E-state index contributed by atoms with van der Waals surface area (Å²) in [5.41, 5.74) is 1.41. The fourth-order valence-electron chi connectivity index (χ4n) is 4.12. The van der Waals surface area contributed by atoms with Crippen LogP contribution in [0.4, 0.5) is 0 Å². The number of amides is 1. The first-order valence-corrected chi connectivity index (χ1v) is 9.69. The quantitative estimate of drug-likeness (QED) is 0.840. The molecule has 0 bridgehead atoms. The number of carbonyl (C=O) groups is 1. The zero-order chi connectivity index (χ0) is 16.9. The van der Waals surface area contributed by atoms with Gasteiger partial charge in [0.2, 0.25) is 5.91 Å². The van der Waals surface area contributed by atoms with Crippen LogP contribution in [-0.2, 0) is 4.79 Å². The summed E-state index contributed by atoms with van der Waals surface area (Å²) < 4.78 is 0. The van der Waals surface area contributed by atoms with E-state index in [0.29, 0.717) is 11.8 Å². The predicted octanol–water partition coefficient (Wildman–Crippen LogP) is 3.76. The zero-order valence-corrected chi connectivity index (χ0v) is 15.3. The number of likely N-dealkylation sites (tertiary alicyclic amines) is 2. The summed E-state index contributed by atoms with van der Waals surface area (Å²) in [6, 6.07) is 10.8. The normalized spacial score (nSPS) is 22.5. The van der Waals surface area contributed by atoms with E-state index in [1.165, 1.54) is 18.4 Å². The van der Waals surface area contributed by atoms with Crippen LogP contribution >= 0.6 is 0 Å². The van der Waals surface area contributed by atoms with Gasteiger partial charge in [-0.25, -0.2) is 0 Å². The first-order valence-electron chi connectivity index (χ1n) is 9.69. The number of rotatable bonds is 4. The van der Waals surface area contributed by atoms with E-state index in [1.807, 2.05) is 0 Å². The number of benzene rings is 1. The number of nitrogens with zero attached hydrogens (tertiary/aromatic N) is 2. The lowest BCUT2D eigenvalue weighted by Crippen LogP contribution is -2.45. The molecule has 0 radical (unpaired) electrons. The third-order valence-corrected chi connectivity index (χ3v) is 5.93. The van der Waals surface area contributed by atoms with Gasteiger partial charge >= 0.3 is 0 Å². The molecule has 1 aromatic rings. The number of carbonyl (C=O) groups excluding carboxylic acids is 1. The Morgan fingerprint density at radius 1 is 1.04 bits per heavy atom. The largest absolute Gasteiger partial charge is 0.342 e. The summed E-state index contributed by atoms with van der Waals surface area (Å²) >= 11 is 0. The maximum Gasteiger partial charge on any atom is 0.225 e. The Morgan fingerprint density at radius 2 is 1.67 bits per heavy atom. The molecule has 2 heterocycles. The van der Waals surface area contributed by atoms with Crippen molar-refractivity contribution in [2.45, 2.75) is 45.4 Å². The standard InChI is InChI=1S/C21H32N2O/c1-17-8-14-23(15-9-17)21(24)20-10-12-22(13-11-20)16-18(2)19-6-4-3-5-7-19/h3-7,17-18,20H,8-16H2,1-2H3/t18-/m1/s1. The van der Waals surface area contributed by atoms with Crippen LogP contribution in [0.5, 0.6) is 0 Å². The molecule has 3 nitrogen and oxygen atoms in total. The smallest absolute Gasteiger partial charge is 0.225 e. The minimum atomic E-state index is 0.265. The lowest BCUT2D eigenvalue weighted by atomic mass is 9.92. The van der Waals surface area contributed by atoms with Crippen molar-refractivity contribution >= 4 is 5.91 Å². The fourth-order valence-corrected chi connectivity index (χ4v) is 4.12. The van der Waals surface area contributed by atoms with Crippen LogP contribution in [0.15, 0.2) is 30.3 Å². The highest BCUT2D eigenvalue weighted by atomic mass is 16.2. The third kappa shape index (κ3) is 4.38. The van der Waals surface area contributed by atoms with Crippen molar-refractivity contribution in [3.05, 3.63) is 35.9 Å². The predicted molar refractivity (Wildman–Crippen MR) is 99.0 cm³/mol. The average molecular weight is 329 g/mol.